The zero-order valence-electron chi connectivity index (χ0n) is 23.6. The van der Waals surface area contributed by atoms with Crippen LogP contribution >= 0.6 is 11.3 Å². The van der Waals surface area contributed by atoms with Gasteiger partial charge >= 0.3 is 6.03 Å². The number of thiophene rings is 1. The van der Waals surface area contributed by atoms with E-state index in [-0.39, 0.29) is 17.6 Å². The number of rotatable bonds is 13. The summed E-state index contributed by atoms with van der Waals surface area (Å²) in [5.41, 5.74) is 9.09. The van der Waals surface area contributed by atoms with E-state index in [1.807, 2.05) is 24.3 Å². The highest BCUT2D eigenvalue weighted by molar-refractivity contribution is 7.09. The maximum atomic E-state index is 13.3. The Morgan fingerprint density at radius 2 is 1.88 bits per heavy atom. The fourth-order valence-electron chi connectivity index (χ4n) is 4.49. The number of hydrogen-bond acceptors (Lipinski definition) is 9. The van der Waals surface area contributed by atoms with Gasteiger partial charge in [0.15, 0.2) is 11.5 Å². The number of aromatic nitrogens is 1. The van der Waals surface area contributed by atoms with E-state index in [4.69, 9.17) is 19.9 Å². The van der Waals surface area contributed by atoms with Gasteiger partial charge in [0.05, 0.1) is 38.8 Å². The van der Waals surface area contributed by atoms with Crippen LogP contribution < -0.4 is 25.8 Å². The minimum atomic E-state index is -0.336. The summed E-state index contributed by atoms with van der Waals surface area (Å²) in [6, 6.07) is 9.08. The van der Waals surface area contributed by atoms with E-state index < -0.39 is 0 Å². The maximum Gasteiger partial charge on any atom is 0.317 e. The Morgan fingerprint density at radius 1 is 1.10 bits per heavy atom. The van der Waals surface area contributed by atoms with Crippen molar-refractivity contribution in [1.29, 1.82) is 0 Å². The molecule has 12 heteroatoms. The largest absolute Gasteiger partial charge is 0.493 e. The summed E-state index contributed by atoms with van der Waals surface area (Å²) >= 11 is 1.41. The van der Waals surface area contributed by atoms with Crippen LogP contribution in [0.15, 0.2) is 47.3 Å². The van der Waals surface area contributed by atoms with Crippen LogP contribution in [-0.2, 0) is 17.7 Å². The number of amides is 3. The Balaban J connectivity index is 1.35. The van der Waals surface area contributed by atoms with Crippen LogP contribution in [0.25, 0.3) is 0 Å². The molecule has 1 aromatic carbocycles. The number of carbonyl (C=O) groups is 2. The molecule has 0 aliphatic carbocycles. The van der Waals surface area contributed by atoms with Gasteiger partial charge in [-0.15, -0.1) is 11.3 Å². The molecule has 3 aromatic rings. The van der Waals surface area contributed by atoms with Gasteiger partial charge in [-0.2, -0.15) is 0 Å². The highest BCUT2D eigenvalue weighted by atomic mass is 32.1. The number of carbonyl (C=O) groups excluding carboxylic acids is 2. The van der Waals surface area contributed by atoms with E-state index in [1.54, 1.807) is 42.1 Å². The molecule has 2 aromatic heterocycles. The molecule has 11 nitrogen and oxygen atoms in total. The summed E-state index contributed by atoms with van der Waals surface area (Å²) < 4.78 is 16.1. The third kappa shape index (κ3) is 8.81. The lowest BCUT2D eigenvalue weighted by Gasteiger charge is -2.28. The van der Waals surface area contributed by atoms with Gasteiger partial charge in [-0.1, -0.05) is 12.1 Å². The van der Waals surface area contributed by atoms with Crippen molar-refractivity contribution in [3.63, 3.8) is 0 Å². The fourth-order valence-corrected chi connectivity index (χ4v) is 5.16. The number of nitrogens with two attached hydrogens (primary N) is 1. The third-order valence-electron chi connectivity index (χ3n) is 6.80. The second-order valence-corrected chi connectivity index (χ2v) is 10.4. The van der Waals surface area contributed by atoms with Gasteiger partial charge in [-0.05, 0) is 42.2 Å². The van der Waals surface area contributed by atoms with Crippen molar-refractivity contribution in [2.45, 2.75) is 19.4 Å². The van der Waals surface area contributed by atoms with E-state index in [1.165, 1.54) is 11.3 Å². The van der Waals surface area contributed by atoms with Crippen molar-refractivity contribution in [3.8, 4) is 11.5 Å². The van der Waals surface area contributed by atoms with Gasteiger partial charge in [0.25, 0.3) is 5.91 Å². The Morgan fingerprint density at radius 3 is 2.56 bits per heavy atom. The van der Waals surface area contributed by atoms with Gasteiger partial charge in [-0.3, -0.25) is 14.7 Å². The van der Waals surface area contributed by atoms with E-state index in [0.717, 1.165) is 50.4 Å². The molecule has 41 heavy (non-hydrogen) atoms. The fraction of sp³-hybridized carbons (Fsp3) is 0.414. The molecule has 1 saturated heterocycles. The number of urea groups is 1. The average molecular weight is 583 g/mol. The summed E-state index contributed by atoms with van der Waals surface area (Å²) in [4.78, 5) is 34.3. The molecule has 220 valence electrons. The van der Waals surface area contributed by atoms with Crippen molar-refractivity contribution in [1.82, 2.24) is 20.1 Å². The number of nitrogen functional groups attached to an aromatic ring is 1. The quantitative estimate of drug-likeness (QED) is 0.279. The first-order chi connectivity index (χ1) is 20.0. The molecule has 3 heterocycles. The summed E-state index contributed by atoms with van der Waals surface area (Å²) in [6.45, 7) is 5.61. The van der Waals surface area contributed by atoms with Crippen LogP contribution in [0, 0.1) is 0 Å². The number of ether oxygens (including phenoxy) is 3. The minimum absolute atomic E-state index is 0.151. The number of anilines is 2. The second kappa shape index (κ2) is 15.2. The Hall–Kier alpha value is -3.87. The standard InChI is InChI=1S/C29H38N6O5S/c1-38-26-7-5-21(16-27(26)39-2)8-9-31-29(37)35(11-3-10-34-12-14-40-15-13-34)18-22-4-6-24(32-17-22)28(36)33-25-20-41-19-23(25)30/h4-7,16-17,19-20H,3,8-15,18,30H2,1-2H3,(H,31,37)(H,33,36). The van der Waals surface area contributed by atoms with Crippen LogP contribution in [0.5, 0.6) is 11.5 Å². The average Bonchev–Trinajstić information content (AvgIpc) is 3.41. The van der Waals surface area contributed by atoms with E-state index in [2.05, 4.69) is 20.5 Å². The lowest BCUT2D eigenvalue weighted by molar-refractivity contribution is 0.0364. The first-order valence-electron chi connectivity index (χ1n) is 13.6. The van der Waals surface area contributed by atoms with Crippen molar-refractivity contribution >= 4 is 34.6 Å². The maximum absolute atomic E-state index is 13.3. The van der Waals surface area contributed by atoms with Crippen molar-refractivity contribution < 1.29 is 23.8 Å². The van der Waals surface area contributed by atoms with Crippen LogP contribution in [-0.4, -0.2) is 86.9 Å². The van der Waals surface area contributed by atoms with Crippen LogP contribution in [0.4, 0.5) is 16.2 Å². The Bertz CT molecular complexity index is 1280. The van der Waals surface area contributed by atoms with Gasteiger partial charge in [0, 0.05) is 56.2 Å². The zero-order valence-corrected chi connectivity index (χ0v) is 24.4. The monoisotopic (exact) mass is 582 g/mol. The zero-order chi connectivity index (χ0) is 29.0. The summed E-state index contributed by atoms with van der Waals surface area (Å²) in [5, 5.41) is 9.37. The molecule has 0 unspecified atom stereocenters. The van der Waals surface area contributed by atoms with Crippen LogP contribution in [0.2, 0.25) is 0 Å². The predicted octanol–water partition coefficient (Wildman–Crippen LogP) is 3.47. The SMILES string of the molecule is COc1ccc(CCNC(=O)N(CCCN2CCOCC2)Cc2ccc(C(=O)Nc3cscc3N)nc2)cc1OC. The van der Waals surface area contributed by atoms with E-state index in [9.17, 15) is 9.59 Å². The summed E-state index contributed by atoms with van der Waals surface area (Å²) in [7, 11) is 3.20. The topological polar surface area (TPSA) is 131 Å². The molecule has 4 N–H and O–H groups in total. The first kappa shape index (κ1) is 30.1. The highest BCUT2D eigenvalue weighted by Gasteiger charge is 2.17. The number of pyridine rings is 1. The summed E-state index contributed by atoms with van der Waals surface area (Å²) in [5.74, 6) is 0.987. The molecule has 0 saturated carbocycles. The van der Waals surface area contributed by atoms with Gasteiger partial charge < -0.3 is 35.5 Å². The van der Waals surface area contributed by atoms with Gasteiger partial charge in [0.2, 0.25) is 0 Å². The number of hydrogen-bond donors (Lipinski definition) is 3. The van der Waals surface area contributed by atoms with E-state index in [0.29, 0.717) is 48.9 Å². The van der Waals surface area contributed by atoms with Crippen molar-refractivity contribution in [3.05, 3.63) is 64.1 Å². The molecule has 0 atom stereocenters. The highest BCUT2D eigenvalue weighted by Crippen LogP contribution is 2.27. The molecule has 4 rings (SSSR count). The smallest absolute Gasteiger partial charge is 0.317 e. The Labute approximate surface area is 244 Å². The van der Waals surface area contributed by atoms with Gasteiger partial charge in [-0.25, -0.2) is 4.79 Å². The van der Waals surface area contributed by atoms with Gasteiger partial charge in [0.1, 0.15) is 5.69 Å². The Kier molecular flexibility index (Phi) is 11.2. The lowest BCUT2D eigenvalue weighted by Crippen LogP contribution is -2.42. The van der Waals surface area contributed by atoms with Crippen LogP contribution in [0.1, 0.15) is 28.0 Å². The number of nitrogens with zero attached hydrogens (tertiary/aromatic N) is 3. The van der Waals surface area contributed by atoms with Crippen molar-refractivity contribution in [2.75, 3.05) is 71.2 Å². The molecular formula is C29H38N6O5S. The molecule has 1 aliphatic heterocycles. The molecule has 1 fully saturated rings. The third-order valence-corrected chi connectivity index (χ3v) is 7.56. The molecule has 0 bridgehead atoms. The summed E-state index contributed by atoms with van der Waals surface area (Å²) in [6.07, 6.45) is 3.12. The molecule has 1 aliphatic rings. The molecular weight excluding hydrogens is 544 g/mol. The predicted molar refractivity (Wildman–Crippen MR) is 160 cm³/mol. The molecule has 0 spiro atoms. The number of nitrogens with one attached hydrogen (secondary N) is 2. The van der Waals surface area contributed by atoms with Crippen molar-refractivity contribution in [2.24, 2.45) is 0 Å². The molecule has 3 amide bonds. The lowest BCUT2D eigenvalue weighted by atomic mass is 10.1. The minimum Gasteiger partial charge on any atom is -0.493 e. The molecule has 0 radical (unpaired) electrons. The number of benzene rings is 1. The second-order valence-electron chi connectivity index (χ2n) is 9.65. The number of morpholine rings is 1. The van der Waals surface area contributed by atoms with E-state index >= 15 is 0 Å². The number of methoxy groups -OCH3 is 2. The normalized spacial score (nSPS) is 13.4. The first-order valence-corrected chi connectivity index (χ1v) is 14.5. The van der Waals surface area contributed by atoms with Crippen LogP contribution in [0.3, 0.4) is 0 Å².